The Balaban J connectivity index is 0.00000200. The number of nitrogens with one attached hydrogen (secondary N) is 1. The summed E-state index contributed by atoms with van der Waals surface area (Å²) < 4.78 is 16.1. The maximum absolute atomic E-state index is 12.5. The molecule has 0 atom stereocenters. The first kappa shape index (κ1) is 16.5. The molecule has 0 bridgehead atoms. The number of nitrogens with zero attached hydrogens (tertiary/aromatic N) is 4. The molecule has 20 heavy (non-hydrogen) atoms. The molecule has 0 aromatic carbocycles. The summed E-state index contributed by atoms with van der Waals surface area (Å²) in [7, 11) is 0. The Hall–Kier alpha value is -1.56. The molecule has 0 saturated carbocycles. The molecule has 0 aliphatic carbocycles. The Labute approximate surface area is 124 Å². The molecule has 0 radical (unpaired) electrons. The molecule has 112 valence electrons. The predicted molar refractivity (Wildman–Crippen MR) is 80.2 cm³/mol. The Morgan fingerprint density at radius 1 is 1.15 bits per heavy atom. The van der Waals surface area contributed by atoms with Crippen molar-refractivity contribution in [2.75, 3.05) is 12.0 Å². The fourth-order valence-corrected chi connectivity index (χ4v) is 2.13. The monoisotopic (exact) mass is 301 g/mol. The average Bonchev–Trinajstić information content (AvgIpc) is 2.92. The Morgan fingerprint density at radius 3 is 2.45 bits per heavy atom. The molecule has 0 fully saturated rings. The Morgan fingerprint density at radius 2 is 1.80 bits per heavy atom. The molecule has 2 aromatic rings. The predicted octanol–water partition coefficient (Wildman–Crippen LogP) is 2.72. The summed E-state index contributed by atoms with van der Waals surface area (Å²) >= 11 is 0. The number of hydrogen-bond acceptors (Lipinski definition) is 3. The van der Waals surface area contributed by atoms with E-state index >= 15 is 0 Å². The largest absolute Gasteiger partial charge is 0.364 e. The van der Waals surface area contributed by atoms with E-state index in [1.807, 2.05) is 24.7 Å². The number of hydrogen-bond donors (Lipinski definition) is 1. The van der Waals surface area contributed by atoms with E-state index in [0.29, 0.717) is 6.54 Å². The van der Waals surface area contributed by atoms with Gasteiger partial charge in [0.15, 0.2) is 0 Å². The molecule has 1 N–H and O–H groups in total. The average molecular weight is 302 g/mol. The molecule has 0 amide bonds. The van der Waals surface area contributed by atoms with E-state index in [1.165, 1.54) is 0 Å². The summed E-state index contributed by atoms with van der Waals surface area (Å²) in [6.45, 7) is 7.44. The number of halogens is 2. The van der Waals surface area contributed by atoms with E-state index in [4.69, 9.17) is 0 Å². The number of rotatable bonds is 6. The second-order valence-corrected chi connectivity index (χ2v) is 4.53. The van der Waals surface area contributed by atoms with E-state index in [1.54, 1.807) is 10.9 Å². The van der Waals surface area contributed by atoms with Crippen LogP contribution in [0.4, 0.5) is 10.2 Å². The van der Waals surface area contributed by atoms with E-state index in [9.17, 15) is 4.39 Å². The third kappa shape index (κ3) is 3.30. The minimum absolute atomic E-state index is 0. The summed E-state index contributed by atoms with van der Waals surface area (Å²) in [5, 5.41) is 11.8. The lowest BCUT2D eigenvalue weighted by molar-refractivity contribution is 0.429. The van der Waals surface area contributed by atoms with Gasteiger partial charge in [0.1, 0.15) is 12.5 Å². The molecule has 7 heteroatoms. The normalized spacial score (nSPS) is 10.4. The minimum atomic E-state index is -0.415. The first-order valence-electron chi connectivity index (χ1n) is 6.50. The van der Waals surface area contributed by atoms with Gasteiger partial charge in [-0.05, 0) is 26.3 Å². The molecule has 0 spiro atoms. The lowest BCUT2D eigenvalue weighted by Crippen LogP contribution is -2.13. The van der Waals surface area contributed by atoms with Crippen LogP contribution in [0.1, 0.15) is 23.7 Å². The summed E-state index contributed by atoms with van der Waals surface area (Å²) in [5.74, 6) is 0.876. The Bertz CT molecular complexity index is 549. The van der Waals surface area contributed by atoms with Crippen LogP contribution in [-0.2, 0) is 19.6 Å². The van der Waals surface area contributed by atoms with Crippen LogP contribution in [0.25, 0.3) is 0 Å². The number of anilines is 1. The maximum atomic E-state index is 12.5. The van der Waals surface area contributed by atoms with Gasteiger partial charge in [0.2, 0.25) is 0 Å². The highest BCUT2D eigenvalue weighted by Crippen LogP contribution is 2.16. The van der Waals surface area contributed by atoms with Crippen molar-refractivity contribution in [2.45, 2.75) is 40.4 Å². The van der Waals surface area contributed by atoms with Crippen molar-refractivity contribution in [1.82, 2.24) is 19.6 Å². The second kappa shape index (κ2) is 7.28. The molecule has 0 aliphatic rings. The molecule has 0 aliphatic heterocycles. The molecular weight excluding hydrogens is 281 g/mol. The van der Waals surface area contributed by atoms with Crippen LogP contribution in [0.3, 0.4) is 0 Å². The number of aromatic nitrogens is 4. The smallest absolute Gasteiger partial charge is 0.127 e. The van der Waals surface area contributed by atoms with Crippen LogP contribution < -0.4 is 5.32 Å². The van der Waals surface area contributed by atoms with Crippen molar-refractivity contribution in [1.29, 1.82) is 0 Å². The molecule has 2 rings (SSSR count). The molecule has 5 nitrogen and oxygen atoms in total. The zero-order valence-corrected chi connectivity index (χ0v) is 12.9. The van der Waals surface area contributed by atoms with Gasteiger partial charge in [-0.3, -0.25) is 4.68 Å². The highest BCUT2D eigenvalue weighted by molar-refractivity contribution is 5.85. The summed E-state index contributed by atoms with van der Waals surface area (Å²) in [5.41, 5.74) is 3.33. The lowest BCUT2D eigenvalue weighted by Gasteiger charge is -2.12. The highest BCUT2D eigenvalue weighted by Gasteiger charge is 2.10. The van der Waals surface area contributed by atoms with Crippen molar-refractivity contribution < 1.29 is 4.39 Å². The molecule has 0 saturated heterocycles. The third-order valence-electron chi connectivity index (χ3n) is 3.20. The standard InChI is InChI=1S/C13H20FN5.ClH/c1-4-18-12(10(2)7-16-18)9-15-13-11(3)8-17-19(13)6-5-14;/h7-8,15H,4-6,9H2,1-3H3;1H. The topological polar surface area (TPSA) is 47.7 Å². The zero-order chi connectivity index (χ0) is 13.8. The molecule has 2 heterocycles. The van der Waals surface area contributed by atoms with Crippen LogP contribution in [0.15, 0.2) is 12.4 Å². The van der Waals surface area contributed by atoms with Crippen LogP contribution in [0.5, 0.6) is 0 Å². The third-order valence-corrected chi connectivity index (χ3v) is 3.20. The fourth-order valence-electron chi connectivity index (χ4n) is 2.13. The van der Waals surface area contributed by atoms with Crippen LogP contribution in [-0.4, -0.2) is 26.2 Å². The second-order valence-electron chi connectivity index (χ2n) is 4.53. The van der Waals surface area contributed by atoms with E-state index in [2.05, 4.69) is 22.4 Å². The summed E-state index contributed by atoms with van der Waals surface area (Å²) in [4.78, 5) is 0. The van der Waals surface area contributed by atoms with Crippen LogP contribution in [0.2, 0.25) is 0 Å². The van der Waals surface area contributed by atoms with Gasteiger partial charge in [-0.1, -0.05) is 0 Å². The van der Waals surface area contributed by atoms with Gasteiger partial charge in [-0.25, -0.2) is 9.07 Å². The highest BCUT2D eigenvalue weighted by atomic mass is 35.5. The van der Waals surface area contributed by atoms with Gasteiger partial charge >= 0.3 is 0 Å². The fraction of sp³-hybridized carbons (Fsp3) is 0.538. The van der Waals surface area contributed by atoms with Gasteiger partial charge in [-0.15, -0.1) is 12.4 Å². The first-order chi connectivity index (χ1) is 9.17. The van der Waals surface area contributed by atoms with Crippen molar-refractivity contribution in [2.24, 2.45) is 0 Å². The molecule has 2 aromatic heterocycles. The van der Waals surface area contributed by atoms with Crippen molar-refractivity contribution >= 4 is 18.2 Å². The van der Waals surface area contributed by atoms with Crippen molar-refractivity contribution in [3.8, 4) is 0 Å². The van der Waals surface area contributed by atoms with Gasteiger partial charge in [0, 0.05) is 12.1 Å². The minimum Gasteiger partial charge on any atom is -0.364 e. The van der Waals surface area contributed by atoms with E-state index in [0.717, 1.165) is 29.2 Å². The molecular formula is C13H21ClFN5. The SMILES string of the molecule is CCn1ncc(C)c1CNc1c(C)cnn1CCF.Cl. The zero-order valence-electron chi connectivity index (χ0n) is 12.1. The lowest BCUT2D eigenvalue weighted by atomic mass is 10.2. The van der Waals surface area contributed by atoms with Gasteiger partial charge in [0.25, 0.3) is 0 Å². The van der Waals surface area contributed by atoms with Crippen LogP contribution >= 0.6 is 12.4 Å². The molecule has 0 unspecified atom stereocenters. The van der Waals surface area contributed by atoms with E-state index in [-0.39, 0.29) is 19.0 Å². The van der Waals surface area contributed by atoms with E-state index < -0.39 is 6.67 Å². The Kier molecular flexibility index (Phi) is 6.01. The van der Waals surface area contributed by atoms with Crippen LogP contribution in [0, 0.1) is 13.8 Å². The van der Waals surface area contributed by atoms with Gasteiger partial charge in [0.05, 0.1) is 31.2 Å². The summed E-state index contributed by atoms with van der Waals surface area (Å²) in [6.07, 6.45) is 3.62. The van der Waals surface area contributed by atoms with Gasteiger partial charge < -0.3 is 5.32 Å². The van der Waals surface area contributed by atoms with Gasteiger partial charge in [-0.2, -0.15) is 10.2 Å². The maximum Gasteiger partial charge on any atom is 0.127 e. The quantitative estimate of drug-likeness (QED) is 0.892. The number of alkyl halides is 1. The number of aryl methyl sites for hydroxylation is 4. The summed E-state index contributed by atoms with van der Waals surface area (Å²) in [6, 6.07) is 0. The van der Waals surface area contributed by atoms with Crippen molar-refractivity contribution in [3.63, 3.8) is 0 Å². The van der Waals surface area contributed by atoms with Crippen molar-refractivity contribution in [3.05, 3.63) is 29.2 Å². The first-order valence-corrected chi connectivity index (χ1v) is 6.50.